The smallest absolute Gasteiger partial charge is 0.317 e. The molecule has 0 bridgehead atoms. The van der Waals surface area contributed by atoms with Gasteiger partial charge < -0.3 is 25.2 Å². The Morgan fingerprint density at radius 1 is 0.846 bits per heavy atom. The summed E-state index contributed by atoms with van der Waals surface area (Å²) in [5, 5.41) is 25.5. The molecule has 0 heterocycles. The number of carbonyl (C=O) groups is 4. The molecular formula is C35H58N8O7S2. The van der Waals surface area contributed by atoms with Crippen molar-refractivity contribution < 1.29 is 34.1 Å². The fourth-order valence-corrected chi connectivity index (χ4v) is 5.22. The van der Waals surface area contributed by atoms with Crippen molar-refractivity contribution >= 4 is 64.4 Å². The van der Waals surface area contributed by atoms with Gasteiger partial charge in [-0.3, -0.25) is 45.3 Å². The van der Waals surface area contributed by atoms with E-state index in [4.69, 9.17) is 29.2 Å². The first-order chi connectivity index (χ1) is 24.2. The molecule has 0 aliphatic heterocycles. The van der Waals surface area contributed by atoms with Gasteiger partial charge >= 0.3 is 11.9 Å². The molecule has 0 aromatic heterocycles. The predicted molar refractivity (Wildman–Crippen MR) is 211 cm³/mol. The van der Waals surface area contributed by atoms with Gasteiger partial charge in [0.1, 0.15) is 5.75 Å². The summed E-state index contributed by atoms with van der Waals surface area (Å²) in [6, 6.07) is 7.42. The SMILES string of the molecule is CN(CCCOc1cccc(/C=N/NC(=S)NNC(=O)CN(CCN(CC(=O)O)CC(=O)NCC(=S)CC(C)(C)C)CC(=O)O)c1)CCC(C)(C)C. The first-order valence-corrected chi connectivity index (χ1v) is 18.0. The number of nitrogens with zero attached hydrogens (tertiary/aromatic N) is 4. The highest BCUT2D eigenvalue weighted by molar-refractivity contribution is 7.80. The summed E-state index contributed by atoms with van der Waals surface area (Å²) in [6.07, 6.45) is 4.21. The molecule has 2 amide bonds. The topological polar surface area (TPSA) is 188 Å². The van der Waals surface area contributed by atoms with Gasteiger partial charge in [-0.25, -0.2) is 0 Å². The first-order valence-electron chi connectivity index (χ1n) is 17.2. The summed E-state index contributed by atoms with van der Waals surface area (Å²) in [6.45, 7) is 14.0. The van der Waals surface area contributed by atoms with Crippen LogP contribution in [-0.4, -0.2) is 137 Å². The Morgan fingerprint density at radius 2 is 1.46 bits per heavy atom. The van der Waals surface area contributed by atoms with Crippen LogP contribution in [0.5, 0.6) is 5.75 Å². The molecule has 0 radical (unpaired) electrons. The molecule has 6 N–H and O–H groups in total. The zero-order valence-corrected chi connectivity index (χ0v) is 33.3. The maximum Gasteiger partial charge on any atom is 0.317 e. The van der Waals surface area contributed by atoms with Gasteiger partial charge in [0.25, 0.3) is 5.91 Å². The van der Waals surface area contributed by atoms with Crippen molar-refractivity contribution in [2.24, 2.45) is 15.9 Å². The van der Waals surface area contributed by atoms with Crippen molar-refractivity contribution in [1.29, 1.82) is 0 Å². The van der Waals surface area contributed by atoms with Crippen molar-refractivity contribution in [3.05, 3.63) is 29.8 Å². The number of amides is 2. The Kier molecular flexibility index (Phi) is 21.1. The van der Waals surface area contributed by atoms with Crippen LogP contribution < -0.4 is 26.3 Å². The Labute approximate surface area is 318 Å². The van der Waals surface area contributed by atoms with E-state index in [1.54, 1.807) is 6.21 Å². The average Bonchev–Trinajstić information content (AvgIpc) is 3.01. The van der Waals surface area contributed by atoms with E-state index in [1.807, 2.05) is 45.0 Å². The van der Waals surface area contributed by atoms with E-state index in [0.717, 1.165) is 31.5 Å². The van der Waals surface area contributed by atoms with Crippen LogP contribution in [0.25, 0.3) is 0 Å². The van der Waals surface area contributed by atoms with Crippen molar-refractivity contribution in [1.82, 2.24) is 36.3 Å². The molecule has 0 atom stereocenters. The maximum absolute atomic E-state index is 12.6. The van der Waals surface area contributed by atoms with Crippen molar-refractivity contribution in [2.45, 2.75) is 60.8 Å². The zero-order valence-electron chi connectivity index (χ0n) is 31.6. The second-order valence-corrected chi connectivity index (χ2v) is 16.0. The van der Waals surface area contributed by atoms with Gasteiger partial charge in [0, 0.05) is 31.0 Å². The minimum Gasteiger partial charge on any atom is -0.494 e. The molecule has 17 heteroatoms. The normalized spacial score (nSPS) is 11.9. The molecule has 0 spiro atoms. The summed E-state index contributed by atoms with van der Waals surface area (Å²) in [5.41, 5.74) is 8.52. The first kappa shape index (κ1) is 46.3. The third-order valence-corrected chi connectivity index (χ3v) is 7.63. The molecule has 292 valence electrons. The van der Waals surface area contributed by atoms with Gasteiger partial charge in [0.2, 0.25) is 11.0 Å². The Bertz CT molecular complexity index is 1370. The number of ether oxygens (including phenoxy) is 1. The van der Waals surface area contributed by atoms with Gasteiger partial charge in [0.05, 0.1) is 39.0 Å². The van der Waals surface area contributed by atoms with Crippen molar-refractivity contribution in [2.75, 3.05) is 72.6 Å². The predicted octanol–water partition coefficient (Wildman–Crippen LogP) is 2.35. The van der Waals surface area contributed by atoms with Gasteiger partial charge in [-0.1, -0.05) is 65.9 Å². The fourth-order valence-electron chi connectivity index (χ4n) is 4.61. The summed E-state index contributed by atoms with van der Waals surface area (Å²) in [5.74, 6) is -2.65. The molecule has 15 nitrogen and oxygen atoms in total. The number of aliphatic carboxylic acids is 2. The number of rotatable bonds is 23. The summed E-state index contributed by atoms with van der Waals surface area (Å²) < 4.78 is 5.90. The van der Waals surface area contributed by atoms with E-state index >= 15 is 0 Å². The highest BCUT2D eigenvalue weighted by atomic mass is 32.1. The number of thiocarbonyl (C=S) groups is 2. The molecule has 0 saturated heterocycles. The lowest BCUT2D eigenvalue weighted by Crippen LogP contribution is -2.51. The number of hydrogen-bond acceptors (Lipinski definition) is 11. The second kappa shape index (κ2) is 23.7. The summed E-state index contributed by atoms with van der Waals surface area (Å²) in [4.78, 5) is 53.7. The van der Waals surface area contributed by atoms with E-state index in [2.05, 4.69) is 59.4 Å². The Morgan fingerprint density at radius 3 is 2.04 bits per heavy atom. The molecule has 52 heavy (non-hydrogen) atoms. The van der Waals surface area contributed by atoms with Crippen LogP contribution in [0.4, 0.5) is 0 Å². The van der Waals surface area contributed by atoms with Crippen molar-refractivity contribution in [3.63, 3.8) is 0 Å². The maximum atomic E-state index is 12.6. The van der Waals surface area contributed by atoms with Crippen LogP contribution >= 0.6 is 24.4 Å². The van der Waals surface area contributed by atoms with E-state index in [1.165, 1.54) is 9.80 Å². The minimum atomic E-state index is -1.18. The average molecular weight is 767 g/mol. The molecule has 0 fully saturated rings. The quantitative estimate of drug-likeness (QED) is 0.0412. The number of hydrogen-bond donors (Lipinski definition) is 6. The van der Waals surface area contributed by atoms with Gasteiger partial charge in [-0.2, -0.15) is 5.10 Å². The highest BCUT2D eigenvalue weighted by Crippen LogP contribution is 2.19. The van der Waals surface area contributed by atoms with E-state index in [-0.39, 0.29) is 43.3 Å². The Hall–Kier alpha value is -3.77. The number of carbonyl (C=O) groups excluding carboxylic acids is 2. The van der Waals surface area contributed by atoms with Crippen LogP contribution in [0.2, 0.25) is 0 Å². The monoisotopic (exact) mass is 766 g/mol. The third kappa shape index (κ3) is 25.2. The molecule has 0 aliphatic carbocycles. The van der Waals surface area contributed by atoms with Crippen LogP contribution in [0, 0.1) is 10.8 Å². The van der Waals surface area contributed by atoms with Crippen LogP contribution in [-0.2, 0) is 19.2 Å². The summed E-state index contributed by atoms with van der Waals surface area (Å²) >= 11 is 10.5. The lowest BCUT2D eigenvalue weighted by atomic mass is 9.90. The molecule has 1 rings (SSSR count). The molecule has 0 saturated carbocycles. The number of hydrazone groups is 1. The number of carboxylic acid groups (broad SMARTS) is 2. The summed E-state index contributed by atoms with van der Waals surface area (Å²) in [7, 11) is 2.12. The van der Waals surface area contributed by atoms with E-state index in [0.29, 0.717) is 29.1 Å². The minimum absolute atomic E-state index is 0.00696. The van der Waals surface area contributed by atoms with Crippen LogP contribution in [0.15, 0.2) is 29.4 Å². The van der Waals surface area contributed by atoms with Gasteiger partial charge in [0.15, 0.2) is 0 Å². The van der Waals surface area contributed by atoms with E-state index in [9.17, 15) is 29.4 Å². The highest BCUT2D eigenvalue weighted by Gasteiger charge is 2.20. The molecule has 1 aromatic rings. The third-order valence-electron chi connectivity index (χ3n) is 7.14. The standard InChI is InChI=1S/C35H58N8O7S2/c1-34(2,3)12-14-41(7)13-9-17-50-27-11-8-10-26(18-27)20-37-39-33(52)40-38-30(45)23-43(25-32(48)49)16-15-42(24-31(46)47)22-29(44)36-21-28(51)19-35(4,5)6/h8,10-11,18,20H,9,12-17,19,21-25H2,1-7H3,(H,36,44)(H,38,45)(H,46,47)(H,48,49)(H2,39,40,52)/b37-20+. The molecule has 0 aliphatic rings. The molecule has 0 unspecified atom stereocenters. The van der Waals surface area contributed by atoms with Crippen LogP contribution in [0.3, 0.4) is 0 Å². The van der Waals surface area contributed by atoms with Crippen molar-refractivity contribution in [3.8, 4) is 5.75 Å². The fraction of sp³-hybridized carbons (Fsp3) is 0.629. The van der Waals surface area contributed by atoms with Crippen LogP contribution in [0.1, 0.15) is 66.4 Å². The largest absolute Gasteiger partial charge is 0.494 e. The number of nitrogens with one attached hydrogen (secondary N) is 4. The Balaban J connectivity index is 2.54. The lowest BCUT2D eigenvalue weighted by molar-refractivity contribution is -0.141. The number of benzene rings is 1. The van der Waals surface area contributed by atoms with E-state index < -0.39 is 36.8 Å². The molecular weight excluding hydrogens is 709 g/mol. The lowest BCUT2D eigenvalue weighted by Gasteiger charge is -2.25. The van der Waals surface area contributed by atoms with Gasteiger partial charge in [-0.05, 0) is 73.6 Å². The second-order valence-electron chi connectivity index (χ2n) is 15.0. The zero-order chi connectivity index (χ0) is 39.3. The molecule has 1 aromatic carbocycles. The van der Waals surface area contributed by atoms with Gasteiger partial charge in [-0.15, -0.1) is 0 Å². The number of carboxylic acids is 2. The number of hydrazine groups is 1.